The Kier molecular flexibility index (Phi) is 3.79. The Bertz CT molecular complexity index is 595. The predicted molar refractivity (Wildman–Crippen MR) is 66.5 cm³/mol. The predicted octanol–water partition coefficient (Wildman–Crippen LogP) is 2.40. The van der Waals surface area contributed by atoms with Gasteiger partial charge in [-0.1, -0.05) is 0 Å². The molecule has 5 nitrogen and oxygen atoms in total. The Morgan fingerprint density at radius 3 is 2.89 bits per heavy atom. The number of hydrogen-bond donors (Lipinski definition) is 1. The van der Waals surface area contributed by atoms with Crippen LogP contribution in [-0.4, -0.2) is 29.9 Å². The number of carbonyl (C=O) groups is 1. The van der Waals surface area contributed by atoms with E-state index in [-0.39, 0.29) is 12.3 Å². The number of aromatic nitrogens is 2. The first-order valence-electron chi connectivity index (χ1n) is 5.72. The minimum atomic E-state index is -0.484. The van der Waals surface area contributed by atoms with Crippen molar-refractivity contribution >= 4 is 5.97 Å². The van der Waals surface area contributed by atoms with Crippen molar-refractivity contribution in [1.82, 2.24) is 10.2 Å². The minimum Gasteiger partial charge on any atom is -0.496 e. The summed E-state index contributed by atoms with van der Waals surface area (Å²) in [5, 5.41) is 6.58. The third-order valence-electron chi connectivity index (χ3n) is 2.51. The van der Waals surface area contributed by atoms with E-state index < -0.39 is 11.8 Å². The Morgan fingerprint density at radius 2 is 2.21 bits per heavy atom. The summed E-state index contributed by atoms with van der Waals surface area (Å²) in [6.45, 7) is 2.01. The molecule has 2 rings (SSSR count). The highest BCUT2D eigenvalue weighted by atomic mass is 19.1. The highest BCUT2D eigenvalue weighted by Crippen LogP contribution is 2.29. The summed E-state index contributed by atoms with van der Waals surface area (Å²) in [7, 11) is 1.44. The van der Waals surface area contributed by atoms with Crippen LogP contribution in [0.5, 0.6) is 5.75 Å². The summed E-state index contributed by atoms with van der Waals surface area (Å²) < 4.78 is 23.0. The molecule has 1 N–H and O–H groups in total. The van der Waals surface area contributed by atoms with Crippen LogP contribution in [0.15, 0.2) is 24.3 Å². The Labute approximate surface area is 109 Å². The highest BCUT2D eigenvalue weighted by molar-refractivity contribution is 5.88. The summed E-state index contributed by atoms with van der Waals surface area (Å²) in [5.74, 6) is -0.536. The largest absolute Gasteiger partial charge is 0.496 e. The summed E-state index contributed by atoms with van der Waals surface area (Å²) >= 11 is 0. The van der Waals surface area contributed by atoms with Crippen LogP contribution < -0.4 is 4.74 Å². The van der Waals surface area contributed by atoms with Gasteiger partial charge in [0, 0.05) is 11.6 Å². The lowest BCUT2D eigenvalue weighted by molar-refractivity contribution is 0.0519. The Balaban J connectivity index is 2.35. The van der Waals surface area contributed by atoms with Gasteiger partial charge in [0.15, 0.2) is 0 Å². The van der Waals surface area contributed by atoms with Crippen molar-refractivity contribution in [1.29, 1.82) is 0 Å². The molecule has 0 unspecified atom stereocenters. The fourth-order valence-corrected chi connectivity index (χ4v) is 1.65. The van der Waals surface area contributed by atoms with Crippen molar-refractivity contribution in [2.75, 3.05) is 13.7 Å². The van der Waals surface area contributed by atoms with Gasteiger partial charge in [-0.15, -0.1) is 0 Å². The van der Waals surface area contributed by atoms with Crippen LogP contribution in [-0.2, 0) is 4.74 Å². The topological polar surface area (TPSA) is 64.2 Å². The van der Waals surface area contributed by atoms with Gasteiger partial charge in [-0.3, -0.25) is 5.10 Å². The lowest BCUT2D eigenvalue weighted by Crippen LogP contribution is -2.04. The van der Waals surface area contributed by atoms with Crippen LogP contribution in [0.4, 0.5) is 4.39 Å². The summed E-state index contributed by atoms with van der Waals surface area (Å²) in [5.41, 5.74) is 1.32. The van der Waals surface area contributed by atoms with Gasteiger partial charge in [0.25, 0.3) is 0 Å². The molecule has 1 aromatic carbocycles. The van der Waals surface area contributed by atoms with Crippen LogP contribution in [0, 0.1) is 5.82 Å². The number of nitrogens with one attached hydrogen (secondary N) is 1. The molecule has 0 radical (unpaired) electrons. The van der Waals surface area contributed by atoms with E-state index in [1.807, 2.05) is 0 Å². The fourth-order valence-electron chi connectivity index (χ4n) is 1.65. The number of nitrogens with zero attached hydrogens (tertiary/aromatic N) is 1. The van der Waals surface area contributed by atoms with Gasteiger partial charge in [-0.25, -0.2) is 9.18 Å². The first-order chi connectivity index (χ1) is 9.15. The van der Waals surface area contributed by atoms with Gasteiger partial charge in [0.2, 0.25) is 0 Å². The molecule has 0 saturated heterocycles. The molecule has 19 heavy (non-hydrogen) atoms. The zero-order valence-electron chi connectivity index (χ0n) is 10.6. The van der Waals surface area contributed by atoms with Crippen molar-refractivity contribution in [3.63, 3.8) is 0 Å². The second-order valence-electron chi connectivity index (χ2n) is 3.73. The van der Waals surface area contributed by atoms with Gasteiger partial charge in [-0.2, -0.15) is 5.10 Å². The van der Waals surface area contributed by atoms with E-state index in [0.29, 0.717) is 17.0 Å². The number of aromatic amines is 1. The first-order valence-corrected chi connectivity index (χ1v) is 5.72. The maximum absolute atomic E-state index is 13.1. The second-order valence-corrected chi connectivity index (χ2v) is 3.73. The van der Waals surface area contributed by atoms with Gasteiger partial charge >= 0.3 is 5.97 Å². The molecule has 1 aromatic heterocycles. The number of halogens is 1. The SMILES string of the molecule is CCOC(=O)c1cc(-c2ccc(F)cc2OC)n[nH]1. The number of esters is 1. The molecule has 0 bridgehead atoms. The van der Waals surface area contributed by atoms with Gasteiger partial charge in [0.1, 0.15) is 17.3 Å². The summed E-state index contributed by atoms with van der Waals surface area (Å²) in [6.07, 6.45) is 0. The Morgan fingerprint density at radius 1 is 1.42 bits per heavy atom. The average molecular weight is 264 g/mol. The molecule has 0 fully saturated rings. The number of H-pyrrole nitrogens is 1. The van der Waals surface area contributed by atoms with E-state index in [4.69, 9.17) is 9.47 Å². The van der Waals surface area contributed by atoms with Crippen molar-refractivity contribution < 1.29 is 18.7 Å². The lowest BCUT2D eigenvalue weighted by atomic mass is 10.1. The average Bonchev–Trinajstić information content (AvgIpc) is 2.88. The Hall–Kier alpha value is -2.37. The minimum absolute atomic E-state index is 0.239. The molecule has 0 amide bonds. The van der Waals surface area contributed by atoms with E-state index in [1.54, 1.807) is 13.0 Å². The van der Waals surface area contributed by atoms with Gasteiger partial charge < -0.3 is 9.47 Å². The summed E-state index contributed by atoms with van der Waals surface area (Å²) in [4.78, 5) is 11.5. The molecule has 0 saturated carbocycles. The van der Waals surface area contributed by atoms with Crippen molar-refractivity contribution in [2.24, 2.45) is 0 Å². The van der Waals surface area contributed by atoms with E-state index in [2.05, 4.69) is 10.2 Å². The molecule has 0 aliphatic carbocycles. The number of carbonyl (C=O) groups excluding carboxylic acids is 1. The van der Waals surface area contributed by atoms with E-state index in [0.717, 1.165) is 0 Å². The molecule has 0 aliphatic heterocycles. The van der Waals surface area contributed by atoms with Crippen LogP contribution in [0.25, 0.3) is 11.3 Å². The zero-order valence-corrected chi connectivity index (χ0v) is 10.6. The van der Waals surface area contributed by atoms with Gasteiger partial charge in [0.05, 0.1) is 19.4 Å². The first kappa shape index (κ1) is 13.1. The van der Waals surface area contributed by atoms with Crippen molar-refractivity contribution in [2.45, 2.75) is 6.92 Å². The number of methoxy groups -OCH3 is 1. The van der Waals surface area contributed by atoms with Crippen LogP contribution >= 0.6 is 0 Å². The van der Waals surface area contributed by atoms with Crippen LogP contribution in [0.1, 0.15) is 17.4 Å². The van der Waals surface area contributed by atoms with Crippen LogP contribution in [0.3, 0.4) is 0 Å². The normalized spacial score (nSPS) is 10.3. The maximum atomic E-state index is 13.1. The van der Waals surface area contributed by atoms with Crippen molar-refractivity contribution in [3.8, 4) is 17.0 Å². The molecule has 0 atom stereocenters. The third kappa shape index (κ3) is 2.73. The molecule has 100 valence electrons. The van der Waals surface area contributed by atoms with Gasteiger partial charge in [-0.05, 0) is 25.1 Å². The third-order valence-corrected chi connectivity index (χ3v) is 2.51. The molecular formula is C13H13FN2O3. The van der Waals surface area contributed by atoms with Crippen LogP contribution in [0.2, 0.25) is 0 Å². The molecule has 0 spiro atoms. The number of ether oxygens (including phenoxy) is 2. The highest BCUT2D eigenvalue weighted by Gasteiger charge is 2.14. The van der Waals surface area contributed by atoms with E-state index in [9.17, 15) is 9.18 Å². The zero-order chi connectivity index (χ0) is 13.8. The molecular weight excluding hydrogens is 251 g/mol. The standard InChI is InChI=1S/C13H13FN2O3/c1-3-19-13(17)11-7-10(15-16-11)9-5-4-8(14)6-12(9)18-2/h4-7H,3H2,1-2H3,(H,15,16). The molecule has 2 aromatic rings. The lowest BCUT2D eigenvalue weighted by Gasteiger charge is -2.05. The van der Waals surface area contributed by atoms with Crippen molar-refractivity contribution in [3.05, 3.63) is 35.8 Å². The number of rotatable bonds is 4. The van der Waals surface area contributed by atoms with E-state index >= 15 is 0 Å². The fraction of sp³-hybridized carbons (Fsp3) is 0.231. The monoisotopic (exact) mass is 264 g/mol. The second kappa shape index (κ2) is 5.51. The number of hydrogen-bond acceptors (Lipinski definition) is 4. The molecule has 0 aliphatic rings. The molecule has 6 heteroatoms. The summed E-state index contributed by atoms with van der Waals surface area (Å²) in [6, 6.07) is 5.64. The molecule has 1 heterocycles. The maximum Gasteiger partial charge on any atom is 0.356 e. The van der Waals surface area contributed by atoms with E-state index in [1.165, 1.54) is 25.3 Å². The smallest absolute Gasteiger partial charge is 0.356 e. The number of benzene rings is 1. The quantitative estimate of drug-likeness (QED) is 0.861.